The van der Waals surface area contributed by atoms with E-state index >= 15 is 0 Å². The Balaban J connectivity index is 1.95. The van der Waals surface area contributed by atoms with Gasteiger partial charge < -0.3 is 9.47 Å². The van der Waals surface area contributed by atoms with E-state index in [2.05, 4.69) is 19.4 Å². The van der Waals surface area contributed by atoms with Gasteiger partial charge in [-0.25, -0.2) is 14.8 Å². The standard InChI is InChI=1S/C14H11ClF2N2O3/c1-7-2-3-9-10(4-7)19-12(15)11(18-9)14(16,17)5-8-6-21-13(20)22-8/h2-4,8H,5-6H2,1H3. The van der Waals surface area contributed by atoms with Gasteiger partial charge >= 0.3 is 6.16 Å². The van der Waals surface area contributed by atoms with Crippen molar-refractivity contribution >= 4 is 28.8 Å². The maximum atomic E-state index is 14.4. The number of aryl methyl sites for hydroxylation is 1. The minimum Gasteiger partial charge on any atom is -0.430 e. The quantitative estimate of drug-likeness (QED) is 0.805. The molecule has 1 aliphatic rings. The highest BCUT2D eigenvalue weighted by molar-refractivity contribution is 6.30. The Bertz CT molecular complexity index is 754. The number of aromatic nitrogens is 2. The number of hydrogen-bond donors (Lipinski definition) is 0. The van der Waals surface area contributed by atoms with Crippen LogP contribution >= 0.6 is 11.6 Å². The van der Waals surface area contributed by atoms with Crippen molar-refractivity contribution in [1.29, 1.82) is 0 Å². The summed E-state index contributed by atoms with van der Waals surface area (Å²) in [5, 5.41) is -0.367. The number of rotatable bonds is 3. The normalized spacial score (nSPS) is 18.4. The van der Waals surface area contributed by atoms with Gasteiger partial charge in [-0.2, -0.15) is 8.78 Å². The van der Waals surface area contributed by atoms with Gasteiger partial charge in [0.1, 0.15) is 18.4 Å². The zero-order valence-electron chi connectivity index (χ0n) is 11.5. The first-order valence-electron chi connectivity index (χ1n) is 6.51. The maximum absolute atomic E-state index is 14.4. The smallest absolute Gasteiger partial charge is 0.430 e. The van der Waals surface area contributed by atoms with Crippen molar-refractivity contribution in [3.63, 3.8) is 0 Å². The Labute approximate surface area is 129 Å². The molecule has 0 bridgehead atoms. The van der Waals surface area contributed by atoms with Gasteiger partial charge in [-0.1, -0.05) is 17.7 Å². The first-order valence-corrected chi connectivity index (χ1v) is 6.88. The number of hydrogen-bond acceptors (Lipinski definition) is 5. The van der Waals surface area contributed by atoms with E-state index < -0.39 is 30.3 Å². The second-order valence-corrected chi connectivity index (χ2v) is 5.42. The number of carbonyl (C=O) groups excluding carboxylic acids is 1. The van der Waals surface area contributed by atoms with Gasteiger partial charge in [0.15, 0.2) is 5.15 Å². The van der Waals surface area contributed by atoms with E-state index in [0.717, 1.165) is 5.56 Å². The van der Waals surface area contributed by atoms with E-state index in [9.17, 15) is 13.6 Å². The first kappa shape index (κ1) is 14.9. The van der Waals surface area contributed by atoms with Crippen LogP contribution in [0.15, 0.2) is 18.2 Å². The van der Waals surface area contributed by atoms with Gasteiger partial charge in [0.05, 0.1) is 17.5 Å². The third-order valence-corrected chi connectivity index (χ3v) is 3.52. The predicted octanol–water partition coefficient (Wildman–Crippen LogP) is 3.61. The molecule has 1 aromatic carbocycles. The molecule has 1 aromatic heterocycles. The van der Waals surface area contributed by atoms with Crippen molar-refractivity contribution in [2.45, 2.75) is 25.4 Å². The third-order valence-electron chi connectivity index (χ3n) is 3.26. The molecule has 8 heteroatoms. The van der Waals surface area contributed by atoms with Crippen molar-refractivity contribution < 1.29 is 23.0 Å². The Morgan fingerprint density at radius 2 is 2.14 bits per heavy atom. The third kappa shape index (κ3) is 2.81. The first-order chi connectivity index (χ1) is 10.3. The topological polar surface area (TPSA) is 61.3 Å². The summed E-state index contributed by atoms with van der Waals surface area (Å²) < 4.78 is 37.9. The highest BCUT2D eigenvalue weighted by Crippen LogP contribution is 2.37. The predicted molar refractivity (Wildman–Crippen MR) is 74.0 cm³/mol. The summed E-state index contributed by atoms with van der Waals surface area (Å²) in [6, 6.07) is 5.06. The van der Waals surface area contributed by atoms with Crippen LogP contribution in [0, 0.1) is 6.92 Å². The lowest BCUT2D eigenvalue weighted by Crippen LogP contribution is -2.25. The van der Waals surface area contributed by atoms with Gasteiger partial charge in [-0.15, -0.1) is 0 Å². The minimum atomic E-state index is -3.39. The van der Waals surface area contributed by atoms with Crippen LogP contribution < -0.4 is 0 Å². The number of fused-ring (bicyclic) bond motifs is 1. The summed E-state index contributed by atoms with van der Waals surface area (Å²) in [6.45, 7) is 1.64. The summed E-state index contributed by atoms with van der Waals surface area (Å²) in [5.41, 5.74) is 1.06. The summed E-state index contributed by atoms with van der Waals surface area (Å²) in [7, 11) is 0. The molecule has 5 nitrogen and oxygen atoms in total. The van der Waals surface area contributed by atoms with Crippen LogP contribution in [-0.4, -0.2) is 28.8 Å². The molecule has 0 saturated carbocycles. The van der Waals surface area contributed by atoms with Gasteiger partial charge in [0.2, 0.25) is 0 Å². The number of nitrogens with zero attached hydrogens (tertiary/aromatic N) is 2. The molecule has 116 valence electrons. The molecule has 0 amide bonds. The molecule has 2 aromatic rings. The molecule has 1 saturated heterocycles. The van der Waals surface area contributed by atoms with E-state index in [0.29, 0.717) is 11.0 Å². The average Bonchev–Trinajstić information content (AvgIpc) is 2.82. The number of halogens is 3. The number of alkyl halides is 2. The van der Waals surface area contributed by atoms with Crippen molar-refractivity contribution in [2.75, 3.05) is 6.61 Å². The molecule has 0 aliphatic carbocycles. The summed E-state index contributed by atoms with van der Waals surface area (Å²) >= 11 is 5.86. The van der Waals surface area contributed by atoms with Crippen molar-refractivity contribution in [3.8, 4) is 0 Å². The number of cyclic esters (lactones) is 2. The van der Waals surface area contributed by atoms with Gasteiger partial charge in [0.25, 0.3) is 5.92 Å². The summed E-state index contributed by atoms with van der Waals surface area (Å²) in [5.74, 6) is -3.39. The molecule has 1 aliphatic heterocycles. The largest absolute Gasteiger partial charge is 0.508 e. The van der Waals surface area contributed by atoms with E-state index in [1.165, 1.54) is 0 Å². The second kappa shape index (κ2) is 5.31. The number of ether oxygens (including phenoxy) is 2. The van der Waals surface area contributed by atoms with Crippen molar-refractivity contribution in [1.82, 2.24) is 9.97 Å². The minimum absolute atomic E-state index is 0.216. The lowest BCUT2D eigenvalue weighted by Gasteiger charge is -2.19. The molecule has 2 heterocycles. The lowest BCUT2D eigenvalue weighted by molar-refractivity contribution is -0.0473. The van der Waals surface area contributed by atoms with Crippen LogP contribution in [-0.2, 0) is 15.4 Å². The molecule has 0 N–H and O–H groups in total. The second-order valence-electron chi connectivity index (χ2n) is 5.06. The van der Waals surface area contributed by atoms with E-state index in [1.807, 2.05) is 6.92 Å². The molecule has 1 atom stereocenters. The van der Waals surface area contributed by atoms with E-state index in [4.69, 9.17) is 11.6 Å². The Kier molecular flexibility index (Phi) is 3.60. The lowest BCUT2D eigenvalue weighted by atomic mass is 10.1. The molecular weight excluding hydrogens is 318 g/mol. The number of benzene rings is 1. The summed E-state index contributed by atoms with van der Waals surface area (Å²) in [4.78, 5) is 18.7. The van der Waals surface area contributed by atoms with Gasteiger partial charge in [0, 0.05) is 0 Å². The highest BCUT2D eigenvalue weighted by Gasteiger charge is 2.42. The molecular formula is C14H11ClF2N2O3. The fourth-order valence-corrected chi connectivity index (χ4v) is 2.50. The zero-order valence-corrected chi connectivity index (χ0v) is 12.2. The molecule has 22 heavy (non-hydrogen) atoms. The van der Waals surface area contributed by atoms with E-state index in [-0.39, 0.29) is 11.8 Å². The molecule has 0 spiro atoms. The monoisotopic (exact) mass is 328 g/mol. The molecule has 3 rings (SSSR count). The van der Waals surface area contributed by atoms with Crippen LogP contribution in [0.2, 0.25) is 5.15 Å². The Hall–Kier alpha value is -2.02. The molecule has 0 radical (unpaired) electrons. The zero-order chi connectivity index (χ0) is 15.9. The van der Waals surface area contributed by atoms with Crippen LogP contribution in [0.1, 0.15) is 17.7 Å². The highest BCUT2D eigenvalue weighted by atomic mass is 35.5. The van der Waals surface area contributed by atoms with Gasteiger partial charge in [-0.3, -0.25) is 0 Å². The number of carbonyl (C=O) groups is 1. The van der Waals surface area contributed by atoms with Crippen LogP contribution in [0.25, 0.3) is 11.0 Å². The van der Waals surface area contributed by atoms with Crippen molar-refractivity contribution in [3.05, 3.63) is 34.6 Å². The fourth-order valence-electron chi connectivity index (χ4n) is 2.22. The maximum Gasteiger partial charge on any atom is 0.508 e. The Morgan fingerprint density at radius 3 is 2.82 bits per heavy atom. The van der Waals surface area contributed by atoms with E-state index in [1.54, 1.807) is 18.2 Å². The SMILES string of the molecule is Cc1ccc2nc(C(F)(F)CC3COC(=O)O3)c(Cl)nc2c1. The van der Waals surface area contributed by atoms with Crippen molar-refractivity contribution in [2.24, 2.45) is 0 Å². The van der Waals surface area contributed by atoms with Gasteiger partial charge in [-0.05, 0) is 24.6 Å². The average molecular weight is 329 g/mol. The van der Waals surface area contributed by atoms with Crippen LogP contribution in [0.3, 0.4) is 0 Å². The van der Waals surface area contributed by atoms with Crippen LogP contribution in [0.5, 0.6) is 0 Å². The molecule has 1 unspecified atom stereocenters. The Morgan fingerprint density at radius 1 is 1.36 bits per heavy atom. The van der Waals surface area contributed by atoms with Crippen LogP contribution in [0.4, 0.5) is 13.6 Å². The fraction of sp³-hybridized carbons (Fsp3) is 0.357. The molecule has 1 fully saturated rings. The summed E-state index contributed by atoms with van der Waals surface area (Å²) in [6.07, 6.45) is -2.74.